The Bertz CT molecular complexity index is 380. The lowest BCUT2D eigenvalue weighted by Gasteiger charge is -2.44. The van der Waals surface area contributed by atoms with Crippen LogP contribution in [0.3, 0.4) is 0 Å². The van der Waals surface area contributed by atoms with E-state index < -0.39 is 6.80 Å². The Morgan fingerprint density at radius 2 is 1.67 bits per heavy atom. The van der Waals surface area contributed by atoms with Crippen molar-refractivity contribution in [2.75, 3.05) is 32.1 Å². The van der Waals surface area contributed by atoms with Crippen molar-refractivity contribution < 1.29 is 13.6 Å². The summed E-state index contributed by atoms with van der Waals surface area (Å²) in [5, 5.41) is 0. The highest BCUT2D eigenvalue weighted by molar-refractivity contribution is 8.55. The van der Waals surface area contributed by atoms with Crippen molar-refractivity contribution in [1.29, 1.82) is 0 Å². The minimum Gasteiger partial charge on any atom is -0.301 e. The monoisotopic (exact) mass is 377 g/mol. The molecule has 2 heterocycles. The van der Waals surface area contributed by atoms with Crippen LogP contribution in [0.2, 0.25) is 0 Å². The summed E-state index contributed by atoms with van der Waals surface area (Å²) in [6.45, 7) is 4.86. The van der Waals surface area contributed by atoms with Gasteiger partial charge in [-0.3, -0.25) is 0 Å². The molecule has 2 fully saturated rings. The Hall–Kier alpha value is 0.460. The second kappa shape index (κ2) is 11.2. The molecule has 0 saturated carbocycles. The van der Waals surface area contributed by atoms with Gasteiger partial charge in [-0.15, -0.1) is 0 Å². The van der Waals surface area contributed by atoms with E-state index in [1.807, 2.05) is 0 Å². The van der Waals surface area contributed by atoms with Crippen LogP contribution in [0, 0.1) is 5.92 Å². The number of hydrogen-bond donors (Lipinski definition) is 0. The first-order chi connectivity index (χ1) is 11.7. The van der Waals surface area contributed by atoms with Crippen molar-refractivity contribution in [2.45, 2.75) is 77.7 Å². The van der Waals surface area contributed by atoms with Gasteiger partial charge in [0.15, 0.2) is 0 Å². The van der Waals surface area contributed by atoms with Crippen LogP contribution in [0.5, 0.6) is 0 Å². The third kappa shape index (κ3) is 6.64. The Morgan fingerprint density at radius 1 is 1.00 bits per heavy atom. The number of nitrogens with zero attached hydrogens (tertiary/aromatic N) is 1. The van der Waals surface area contributed by atoms with Gasteiger partial charge < -0.3 is 13.9 Å². The summed E-state index contributed by atoms with van der Waals surface area (Å²) in [4.78, 5) is 2.67. The van der Waals surface area contributed by atoms with Crippen LogP contribution in [-0.4, -0.2) is 43.0 Å². The predicted molar refractivity (Wildman–Crippen MR) is 104 cm³/mol. The maximum absolute atomic E-state index is 13.1. The van der Waals surface area contributed by atoms with Gasteiger partial charge in [-0.05, 0) is 68.9 Å². The molecule has 24 heavy (non-hydrogen) atoms. The standard InChI is InChI=1S/C18H36NO3PS/c1-3-5-14-21-23(20,22-15-6-4-2)24-16-17-10-9-13-19-12-8-7-11-18(17)19/h17-18H,3-16H2,1-2H3. The second-order valence-corrected chi connectivity index (χ2v) is 11.2. The van der Waals surface area contributed by atoms with E-state index in [-0.39, 0.29) is 0 Å². The van der Waals surface area contributed by atoms with Crippen LogP contribution in [0.15, 0.2) is 0 Å². The number of unbranched alkanes of at least 4 members (excludes halogenated alkanes) is 2. The largest absolute Gasteiger partial charge is 0.389 e. The highest BCUT2D eigenvalue weighted by Crippen LogP contribution is 2.61. The topological polar surface area (TPSA) is 38.8 Å². The Morgan fingerprint density at radius 3 is 2.33 bits per heavy atom. The van der Waals surface area contributed by atoms with Gasteiger partial charge in [-0.1, -0.05) is 33.1 Å². The fourth-order valence-electron chi connectivity index (χ4n) is 3.71. The molecule has 4 nitrogen and oxygen atoms in total. The van der Waals surface area contributed by atoms with Gasteiger partial charge in [0.2, 0.25) is 0 Å². The molecule has 2 atom stereocenters. The Labute approximate surface area is 152 Å². The number of rotatable bonds is 11. The van der Waals surface area contributed by atoms with Crippen LogP contribution in [0.1, 0.15) is 71.6 Å². The molecule has 142 valence electrons. The minimum absolute atomic E-state index is 0.549. The zero-order chi connectivity index (χ0) is 17.3. The van der Waals surface area contributed by atoms with Gasteiger partial charge in [-0.25, -0.2) is 4.57 Å². The zero-order valence-corrected chi connectivity index (χ0v) is 17.3. The molecule has 0 bridgehead atoms. The molecule has 0 aromatic carbocycles. The summed E-state index contributed by atoms with van der Waals surface area (Å²) in [6.07, 6.45) is 10.5. The lowest BCUT2D eigenvalue weighted by atomic mass is 9.85. The molecule has 2 rings (SSSR count). The highest BCUT2D eigenvalue weighted by Gasteiger charge is 2.35. The lowest BCUT2D eigenvalue weighted by molar-refractivity contribution is 0.0693. The molecule has 0 radical (unpaired) electrons. The van der Waals surface area contributed by atoms with E-state index in [4.69, 9.17) is 9.05 Å². The molecule has 6 heteroatoms. The molecular weight excluding hydrogens is 341 g/mol. The number of hydrogen-bond acceptors (Lipinski definition) is 5. The average Bonchev–Trinajstić information content (AvgIpc) is 2.60. The van der Waals surface area contributed by atoms with Crippen molar-refractivity contribution in [3.63, 3.8) is 0 Å². The van der Waals surface area contributed by atoms with Crippen LogP contribution < -0.4 is 0 Å². The molecule has 0 N–H and O–H groups in total. The fraction of sp³-hybridized carbons (Fsp3) is 1.00. The van der Waals surface area contributed by atoms with Crippen molar-refractivity contribution >= 4 is 18.2 Å². The van der Waals surface area contributed by atoms with E-state index in [1.165, 1.54) is 56.6 Å². The quantitative estimate of drug-likeness (QED) is 0.340. The van der Waals surface area contributed by atoms with E-state index in [1.54, 1.807) is 0 Å². The lowest BCUT2D eigenvalue weighted by Crippen LogP contribution is -2.48. The first-order valence-electron chi connectivity index (χ1n) is 9.96. The van der Waals surface area contributed by atoms with E-state index in [9.17, 15) is 4.57 Å². The normalized spacial score (nSPS) is 25.6. The molecule has 0 amide bonds. The second-order valence-electron chi connectivity index (χ2n) is 7.12. The minimum atomic E-state index is -2.99. The molecule has 2 saturated heterocycles. The molecule has 2 unspecified atom stereocenters. The summed E-state index contributed by atoms with van der Waals surface area (Å²) >= 11 is 1.47. The number of fused-ring (bicyclic) bond motifs is 1. The van der Waals surface area contributed by atoms with Crippen LogP contribution >= 0.6 is 18.2 Å². The van der Waals surface area contributed by atoms with E-state index in [0.717, 1.165) is 31.4 Å². The van der Waals surface area contributed by atoms with Crippen molar-refractivity contribution in [1.82, 2.24) is 4.90 Å². The summed E-state index contributed by atoms with van der Waals surface area (Å²) in [6, 6.07) is 0.694. The first kappa shape index (κ1) is 20.8. The number of piperidine rings is 2. The average molecular weight is 378 g/mol. The van der Waals surface area contributed by atoms with Gasteiger partial charge in [0.05, 0.1) is 13.2 Å². The summed E-state index contributed by atoms with van der Waals surface area (Å²) in [7, 11) is 0. The molecule has 0 aromatic rings. The molecule has 0 aliphatic carbocycles. The summed E-state index contributed by atoms with van der Waals surface area (Å²) in [5.74, 6) is 1.55. The summed E-state index contributed by atoms with van der Waals surface area (Å²) < 4.78 is 24.5. The maximum Gasteiger partial charge on any atom is 0.389 e. The third-order valence-electron chi connectivity index (χ3n) is 5.17. The molecule has 0 aromatic heterocycles. The van der Waals surface area contributed by atoms with Crippen molar-refractivity contribution in [2.24, 2.45) is 5.92 Å². The fourth-order valence-corrected chi connectivity index (χ4v) is 7.42. The zero-order valence-electron chi connectivity index (χ0n) is 15.6. The van der Waals surface area contributed by atoms with Crippen molar-refractivity contribution in [3.05, 3.63) is 0 Å². The summed E-state index contributed by atoms with van der Waals surface area (Å²) in [5.41, 5.74) is 0. The van der Waals surface area contributed by atoms with E-state index in [2.05, 4.69) is 18.7 Å². The smallest absolute Gasteiger partial charge is 0.301 e. The van der Waals surface area contributed by atoms with Crippen LogP contribution in [0.25, 0.3) is 0 Å². The Kier molecular flexibility index (Phi) is 9.72. The van der Waals surface area contributed by atoms with Gasteiger partial charge in [0.1, 0.15) is 0 Å². The molecular formula is C18H36NO3PS. The van der Waals surface area contributed by atoms with Gasteiger partial charge in [0.25, 0.3) is 0 Å². The van der Waals surface area contributed by atoms with Crippen molar-refractivity contribution in [3.8, 4) is 0 Å². The third-order valence-corrected chi connectivity index (χ3v) is 9.09. The first-order valence-corrected chi connectivity index (χ1v) is 13.1. The van der Waals surface area contributed by atoms with Crippen LogP contribution in [0.4, 0.5) is 0 Å². The predicted octanol–water partition coefficient (Wildman–Crippen LogP) is 5.73. The Balaban J connectivity index is 1.86. The van der Waals surface area contributed by atoms with Gasteiger partial charge >= 0.3 is 6.80 Å². The molecule has 2 aliphatic heterocycles. The molecule has 0 spiro atoms. The SMILES string of the molecule is CCCCOP(=O)(OCCCC)SCC1CCCN2CCCCC12. The highest BCUT2D eigenvalue weighted by atomic mass is 32.7. The van der Waals surface area contributed by atoms with E-state index >= 15 is 0 Å². The van der Waals surface area contributed by atoms with Crippen LogP contribution in [-0.2, 0) is 13.6 Å². The van der Waals surface area contributed by atoms with Gasteiger partial charge in [-0.2, -0.15) is 0 Å². The molecule has 2 aliphatic rings. The van der Waals surface area contributed by atoms with Gasteiger partial charge in [0, 0.05) is 11.8 Å². The van der Waals surface area contributed by atoms with E-state index in [0.29, 0.717) is 25.2 Å². The maximum atomic E-state index is 13.1.